The number of quaternary nitrogens is 1. The van der Waals surface area contributed by atoms with E-state index < -0.39 is 0 Å². The van der Waals surface area contributed by atoms with Gasteiger partial charge in [-0.05, 0) is 18.4 Å². The van der Waals surface area contributed by atoms with E-state index in [0.717, 1.165) is 21.6 Å². The van der Waals surface area contributed by atoms with Gasteiger partial charge in [0.25, 0.3) is 0 Å². The van der Waals surface area contributed by atoms with Crippen LogP contribution in [0.1, 0.15) is 5.01 Å². The Morgan fingerprint density at radius 3 is 3.06 bits per heavy atom. The molecule has 0 spiro atoms. The van der Waals surface area contributed by atoms with Crippen molar-refractivity contribution in [2.24, 2.45) is 0 Å². The van der Waals surface area contributed by atoms with Crippen LogP contribution in [0.2, 0.25) is 0 Å². The maximum Gasteiger partial charge on any atom is 0.0787 e. The molecule has 17 heavy (non-hydrogen) atoms. The number of nitrogens with two attached hydrogens (primary N) is 1. The van der Waals surface area contributed by atoms with Crippen molar-refractivity contribution in [3.8, 4) is 0 Å². The van der Waals surface area contributed by atoms with E-state index in [1.807, 2.05) is 24.4 Å². The van der Waals surface area contributed by atoms with Gasteiger partial charge in [0.15, 0.2) is 0 Å². The maximum absolute atomic E-state index is 4.57. The molecule has 0 saturated carbocycles. The van der Waals surface area contributed by atoms with E-state index in [1.165, 1.54) is 10.1 Å². The van der Waals surface area contributed by atoms with Gasteiger partial charge in [0.1, 0.15) is 0 Å². The van der Waals surface area contributed by atoms with Crippen molar-refractivity contribution in [1.82, 2.24) is 4.98 Å². The Labute approximate surface area is 97.9 Å². The molecule has 0 atom stereocenters. The molecule has 95 valence electrons. The normalized spacial score (nSPS) is 10.7. The first-order chi connectivity index (χ1) is 7.79. The smallest absolute Gasteiger partial charge is 0.0787 e. The maximum atomic E-state index is 4.57. The zero-order valence-corrected chi connectivity index (χ0v) is 12.2. The van der Waals surface area contributed by atoms with Gasteiger partial charge in [-0.2, -0.15) is 0 Å². The summed E-state index contributed by atoms with van der Waals surface area (Å²) in [6.45, 7) is 2.03. The van der Waals surface area contributed by atoms with E-state index in [9.17, 15) is 0 Å². The average molecular weight is 489 g/mol. The van der Waals surface area contributed by atoms with Gasteiger partial charge in [0, 0.05) is 10.2 Å². The summed E-state index contributed by atoms with van der Waals surface area (Å²) >= 11 is 1.72. The van der Waals surface area contributed by atoms with Crippen LogP contribution < -0.4 is 5.32 Å². The summed E-state index contributed by atoms with van der Waals surface area (Å²) in [5, 5.41) is 5.26. The number of hydrogen-bond acceptors (Lipinski definition) is 2. The quantitative estimate of drug-likeness (QED) is 0.414. The molecule has 1 aromatic heterocycles. The van der Waals surface area contributed by atoms with Crippen LogP contribution in [0, 0.1) is 20.0 Å². The topological polar surface area (TPSA) is 29.5 Å². The van der Waals surface area contributed by atoms with Gasteiger partial charge >= 0.3 is 0 Å². The Balaban J connectivity index is 0.00000108. The summed E-state index contributed by atoms with van der Waals surface area (Å²) in [7, 11) is 3.87. The number of thiazole rings is 1. The summed E-state index contributed by atoms with van der Waals surface area (Å²) in [5.74, 6) is 0. The van der Waals surface area contributed by atoms with Gasteiger partial charge in [-0.15, -0.1) is 48.0 Å². The van der Waals surface area contributed by atoms with Crippen LogP contribution in [-0.2, 0) is 0 Å². The molecule has 0 fully saturated rings. The Hall–Kier alpha value is -2.45. The number of fused-ring (bicyclic) bond motifs is 3. The molecule has 2 nitrogen and oxygen atoms in total. The zero-order chi connectivity index (χ0) is 11.1. The number of nitrogens with zero attached hydrogens (tertiary/aromatic N) is 1. The first-order valence-electron chi connectivity index (χ1n) is 5.12. The number of aromatic nitrogens is 1. The van der Waals surface area contributed by atoms with E-state index in [1.54, 1.807) is 11.3 Å². The zero-order valence-electron chi connectivity index (χ0n) is 9.21. The Kier molecular flexibility index (Phi) is 2.50. The SMILES string of the molecule is [CH2-][NH2+]c1cc2sc(C)nc2c2[c-]cccc12.[Lr]. The van der Waals surface area contributed by atoms with Gasteiger partial charge in [-0.3, -0.25) is 4.98 Å². The third-order valence-electron chi connectivity index (χ3n) is 2.67. The van der Waals surface area contributed by atoms with E-state index in [2.05, 4.69) is 30.2 Å². The minimum absolute atomic E-state index is 0. The number of rotatable bonds is 1. The second-order valence-electron chi connectivity index (χ2n) is 3.71. The molecule has 0 aliphatic heterocycles. The Bertz CT molecular complexity index is 676. The summed E-state index contributed by atoms with van der Waals surface area (Å²) in [4.78, 5) is 4.57. The molecular weight excluding hydrogens is 478 g/mol. The van der Waals surface area contributed by atoms with Crippen molar-refractivity contribution < 1.29 is 5.32 Å². The van der Waals surface area contributed by atoms with Crippen molar-refractivity contribution >= 4 is 38.0 Å². The van der Waals surface area contributed by atoms with E-state index in [-0.39, 0.29) is 0 Å². The van der Waals surface area contributed by atoms with Gasteiger partial charge in [-0.1, -0.05) is 0 Å². The van der Waals surface area contributed by atoms with Crippen LogP contribution in [-0.4, -0.2) is 4.98 Å². The molecule has 0 unspecified atom stereocenters. The van der Waals surface area contributed by atoms with Crippen molar-refractivity contribution in [3.63, 3.8) is 0 Å². The van der Waals surface area contributed by atoms with Crippen LogP contribution >= 0.6 is 11.3 Å². The minimum atomic E-state index is 0. The second-order valence-corrected chi connectivity index (χ2v) is 4.94. The number of hydrogen-bond donors (Lipinski definition) is 1. The summed E-state index contributed by atoms with van der Waals surface area (Å²) in [5.41, 5.74) is 2.21. The molecule has 0 amide bonds. The minimum Gasteiger partial charge on any atom is -0.453 e. The van der Waals surface area contributed by atoms with Gasteiger partial charge in [-0.25, -0.2) is 0 Å². The van der Waals surface area contributed by atoms with Crippen molar-refractivity contribution in [2.75, 3.05) is 0 Å². The molecule has 3 aromatic rings. The second kappa shape index (κ2) is 3.85. The van der Waals surface area contributed by atoms with Gasteiger partial charge in [0.2, 0.25) is 0 Å². The van der Waals surface area contributed by atoms with Crippen LogP contribution in [0.15, 0.2) is 24.3 Å². The molecule has 1 heterocycles. The summed E-state index contributed by atoms with van der Waals surface area (Å²) in [6, 6.07) is 11.5. The molecule has 0 saturated heterocycles. The van der Waals surface area contributed by atoms with Crippen LogP contribution in [0.25, 0.3) is 21.0 Å². The van der Waals surface area contributed by atoms with Crippen molar-refractivity contribution in [3.05, 3.63) is 42.4 Å². The first-order valence-corrected chi connectivity index (χ1v) is 5.94. The molecule has 1 radical (unpaired) electrons. The molecule has 0 bridgehead atoms. The first kappa shape index (κ1) is 11.0. The monoisotopic (exact) mass is 489 g/mol. The third kappa shape index (κ3) is 1.51. The molecule has 4 heteroatoms. The van der Waals surface area contributed by atoms with Crippen molar-refractivity contribution in [2.45, 2.75) is 6.92 Å². The average Bonchev–Trinajstić information content (AvgIpc) is 2.68. The fraction of sp³-hybridized carbons (Fsp3) is 0.0769. The predicted octanol–water partition coefficient (Wildman–Crippen LogP) is 2.54. The molecule has 3 rings (SSSR count). The predicted molar refractivity (Wildman–Crippen MR) is 67.6 cm³/mol. The Morgan fingerprint density at radius 1 is 1.47 bits per heavy atom. The van der Waals surface area contributed by atoms with Crippen LogP contribution in [0.3, 0.4) is 0 Å². The fourth-order valence-electron chi connectivity index (χ4n) is 1.98. The number of benzene rings is 2. The molecule has 2 aromatic carbocycles. The van der Waals surface area contributed by atoms with E-state index in [0.29, 0.717) is 0 Å². The summed E-state index contributed by atoms with van der Waals surface area (Å²) < 4.78 is 1.21. The standard InChI is InChI=1S/C13H11N2S.Lr/c1-8-15-13-10-6-4-3-5-9(10)11(14-2)7-12(13)16-8;/h3-5,7H,2,14H2,1H3;/q-1;. The largest absolute Gasteiger partial charge is 0.453 e. The summed E-state index contributed by atoms with van der Waals surface area (Å²) in [6.07, 6.45) is 0. The Morgan fingerprint density at radius 2 is 2.29 bits per heavy atom. The fourth-order valence-corrected chi connectivity index (χ4v) is 2.87. The molecule has 0 aliphatic carbocycles. The molecule has 0 aliphatic rings. The van der Waals surface area contributed by atoms with Crippen molar-refractivity contribution in [1.29, 1.82) is 0 Å². The molecule has 2 N–H and O–H groups in total. The van der Waals surface area contributed by atoms with E-state index >= 15 is 0 Å². The van der Waals surface area contributed by atoms with Gasteiger partial charge in [0.05, 0.1) is 10.7 Å². The van der Waals surface area contributed by atoms with Gasteiger partial charge < -0.3 is 5.32 Å². The third-order valence-corrected chi connectivity index (χ3v) is 3.59. The van der Waals surface area contributed by atoms with E-state index in [4.69, 9.17) is 0 Å². The number of aryl methyl sites for hydroxylation is 1. The molecular formula is C13H11LrN2S-. The van der Waals surface area contributed by atoms with Crippen LogP contribution in [0.4, 0.5) is 5.69 Å². The van der Waals surface area contributed by atoms with Crippen LogP contribution in [0.5, 0.6) is 0 Å².